The van der Waals surface area contributed by atoms with Crippen molar-refractivity contribution in [1.82, 2.24) is 25.9 Å². The topological polar surface area (TPSA) is 92.8 Å². The number of hydrogen-bond donors (Lipinski definition) is 2. The number of nitrogens with zero attached hydrogens (tertiary/aromatic N) is 3. The monoisotopic (exact) mass is 295 g/mol. The SMILES string of the molecule is COc1ccc(CCC(=O)NCc2nn[nH]n2)cc1Cl. The van der Waals surface area contributed by atoms with E-state index in [1.54, 1.807) is 19.2 Å². The Labute approximate surface area is 120 Å². The lowest BCUT2D eigenvalue weighted by molar-refractivity contribution is -0.121. The molecule has 0 fully saturated rings. The van der Waals surface area contributed by atoms with Gasteiger partial charge in [0.2, 0.25) is 5.91 Å². The average molecular weight is 296 g/mol. The van der Waals surface area contributed by atoms with E-state index in [2.05, 4.69) is 25.9 Å². The quantitative estimate of drug-likeness (QED) is 0.833. The van der Waals surface area contributed by atoms with E-state index >= 15 is 0 Å². The first kappa shape index (κ1) is 14.3. The molecular formula is C12H14ClN5O2. The maximum absolute atomic E-state index is 11.7. The molecule has 0 saturated heterocycles. The number of nitrogens with one attached hydrogen (secondary N) is 2. The molecule has 0 saturated carbocycles. The number of rotatable bonds is 6. The molecule has 2 N–H and O–H groups in total. The molecule has 0 unspecified atom stereocenters. The summed E-state index contributed by atoms with van der Waals surface area (Å²) >= 11 is 6.02. The Bertz CT molecular complexity index is 573. The van der Waals surface area contributed by atoms with Crippen molar-refractivity contribution in [2.24, 2.45) is 0 Å². The summed E-state index contributed by atoms with van der Waals surface area (Å²) in [5.41, 5.74) is 0.977. The van der Waals surface area contributed by atoms with Crippen molar-refractivity contribution in [3.05, 3.63) is 34.6 Å². The van der Waals surface area contributed by atoms with Gasteiger partial charge in [-0.15, -0.1) is 10.2 Å². The van der Waals surface area contributed by atoms with Gasteiger partial charge in [0.05, 0.1) is 18.7 Å². The highest BCUT2D eigenvalue weighted by Gasteiger charge is 2.06. The zero-order valence-corrected chi connectivity index (χ0v) is 11.6. The molecule has 7 nitrogen and oxygen atoms in total. The second-order valence-electron chi connectivity index (χ2n) is 4.07. The molecule has 0 atom stereocenters. The zero-order valence-electron chi connectivity index (χ0n) is 10.9. The summed E-state index contributed by atoms with van der Waals surface area (Å²) in [5, 5.41) is 16.5. The van der Waals surface area contributed by atoms with Crippen LogP contribution < -0.4 is 10.1 Å². The van der Waals surface area contributed by atoms with E-state index in [0.29, 0.717) is 29.4 Å². The van der Waals surface area contributed by atoms with Crippen molar-refractivity contribution < 1.29 is 9.53 Å². The number of aromatic amines is 1. The molecule has 0 radical (unpaired) electrons. The minimum absolute atomic E-state index is 0.0817. The summed E-state index contributed by atoms with van der Waals surface area (Å²) in [7, 11) is 1.56. The van der Waals surface area contributed by atoms with Crippen LogP contribution in [0.3, 0.4) is 0 Å². The molecule has 0 bridgehead atoms. The van der Waals surface area contributed by atoms with Gasteiger partial charge in [-0.2, -0.15) is 5.21 Å². The van der Waals surface area contributed by atoms with Gasteiger partial charge in [0, 0.05) is 6.42 Å². The van der Waals surface area contributed by atoms with Gasteiger partial charge in [-0.05, 0) is 24.1 Å². The van der Waals surface area contributed by atoms with Gasteiger partial charge in [-0.25, -0.2) is 0 Å². The summed E-state index contributed by atoms with van der Waals surface area (Å²) in [6, 6.07) is 5.47. The van der Waals surface area contributed by atoms with Crippen LogP contribution >= 0.6 is 11.6 Å². The Morgan fingerprint density at radius 2 is 2.35 bits per heavy atom. The molecule has 0 aliphatic carbocycles. The maximum Gasteiger partial charge on any atom is 0.220 e. The van der Waals surface area contributed by atoms with E-state index in [-0.39, 0.29) is 12.5 Å². The molecule has 2 rings (SSSR count). The summed E-state index contributed by atoms with van der Waals surface area (Å²) in [6.45, 7) is 0.263. The van der Waals surface area contributed by atoms with Crippen molar-refractivity contribution >= 4 is 17.5 Å². The Balaban J connectivity index is 1.79. The number of aryl methyl sites for hydroxylation is 1. The summed E-state index contributed by atoms with van der Waals surface area (Å²) in [6.07, 6.45) is 0.961. The first-order valence-corrected chi connectivity index (χ1v) is 6.38. The fourth-order valence-electron chi connectivity index (χ4n) is 1.65. The number of benzene rings is 1. The van der Waals surface area contributed by atoms with Crippen molar-refractivity contribution in [2.45, 2.75) is 19.4 Å². The third kappa shape index (κ3) is 3.92. The smallest absolute Gasteiger partial charge is 0.220 e. The first-order chi connectivity index (χ1) is 9.69. The van der Waals surface area contributed by atoms with Crippen LogP contribution in [0.2, 0.25) is 5.02 Å². The number of tetrazole rings is 1. The fraction of sp³-hybridized carbons (Fsp3) is 0.333. The number of H-pyrrole nitrogens is 1. The summed E-state index contributed by atoms with van der Waals surface area (Å²) < 4.78 is 5.07. The van der Waals surface area contributed by atoms with Crippen molar-refractivity contribution in [2.75, 3.05) is 7.11 Å². The molecule has 2 aromatic rings. The summed E-state index contributed by atoms with van der Waals surface area (Å²) in [4.78, 5) is 11.7. The van der Waals surface area contributed by atoms with Crippen molar-refractivity contribution in [1.29, 1.82) is 0 Å². The highest BCUT2D eigenvalue weighted by Crippen LogP contribution is 2.25. The molecule has 1 aromatic carbocycles. The van der Waals surface area contributed by atoms with Crippen LogP contribution in [0.4, 0.5) is 0 Å². The lowest BCUT2D eigenvalue weighted by Crippen LogP contribution is -2.23. The second-order valence-corrected chi connectivity index (χ2v) is 4.48. The highest BCUT2D eigenvalue weighted by atomic mass is 35.5. The predicted octanol–water partition coefficient (Wildman–Crippen LogP) is 1.11. The molecular weight excluding hydrogens is 282 g/mol. The van der Waals surface area contributed by atoms with E-state index in [1.807, 2.05) is 6.07 Å². The van der Waals surface area contributed by atoms with Gasteiger partial charge in [-0.3, -0.25) is 4.79 Å². The Morgan fingerprint density at radius 3 is 3.00 bits per heavy atom. The lowest BCUT2D eigenvalue weighted by Gasteiger charge is -2.06. The van der Waals surface area contributed by atoms with Crippen LogP contribution in [-0.2, 0) is 17.8 Å². The highest BCUT2D eigenvalue weighted by molar-refractivity contribution is 6.32. The minimum Gasteiger partial charge on any atom is -0.495 e. The van der Waals surface area contributed by atoms with E-state index in [4.69, 9.17) is 16.3 Å². The van der Waals surface area contributed by atoms with Crippen LogP contribution in [0.5, 0.6) is 5.75 Å². The van der Waals surface area contributed by atoms with Gasteiger partial charge in [0.25, 0.3) is 0 Å². The molecule has 0 aliphatic rings. The van der Waals surface area contributed by atoms with Gasteiger partial charge < -0.3 is 10.1 Å². The Hall–Kier alpha value is -2.15. The standard InChI is InChI=1S/C12H14ClN5O2/c1-20-10-4-2-8(6-9(10)13)3-5-12(19)14-7-11-15-17-18-16-11/h2,4,6H,3,5,7H2,1H3,(H,14,19)(H,15,16,17,18). The third-order valence-corrected chi connectivity index (χ3v) is 2.99. The largest absolute Gasteiger partial charge is 0.495 e. The Morgan fingerprint density at radius 1 is 1.50 bits per heavy atom. The fourth-order valence-corrected chi connectivity index (χ4v) is 1.93. The second kappa shape index (κ2) is 6.85. The van der Waals surface area contributed by atoms with E-state index in [0.717, 1.165) is 5.56 Å². The number of amides is 1. The van der Waals surface area contributed by atoms with Gasteiger partial charge in [0.15, 0.2) is 5.82 Å². The van der Waals surface area contributed by atoms with E-state index in [9.17, 15) is 4.79 Å². The van der Waals surface area contributed by atoms with Crippen molar-refractivity contribution in [3.8, 4) is 5.75 Å². The number of halogens is 1. The van der Waals surface area contributed by atoms with Gasteiger partial charge in [0.1, 0.15) is 5.75 Å². The number of carbonyl (C=O) groups is 1. The zero-order chi connectivity index (χ0) is 14.4. The molecule has 1 heterocycles. The average Bonchev–Trinajstić information content (AvgIpc) is 2.96. The molecule has 8 heteroatoms. The maximum atomic E-state index is 11.7. The number of carbonyl (C=O) groups excluding carboxylic acids is 1. The molecule has 0 spiro atoms. The lowest BCUT2D eigenvalue weighted by atomic mass is 10.1. The number of hydrogen-bond acceptors (Lipinski definition) is 5. The van der Waals surface area contributed by atoms with Crippen molar-refractivity contribution in [3.63, 3.8) is 0 Å². The molecule has 1 aromatic heterocycles. The normalized spacial score (nSPS) is 10.3. The van der Waals surface area contributed by atoms with E-state index < -0.39 is 0 Å². The van der Waals surface area contributed by atoms with Crippen LogP contribution in [-0.4, -0.2) is 33.6 Å². The predicted molar refractivity (Wildman–Crippen MR) is 72.3 cm³/mol. The third-order valence-electron chi connectivity index (χ3n) is 2.69. The van der Waals surface area contributed by atoms with E-state index in [1.165, 1.54) is 0 Å². The van der Waals surface area contributed by atoms with Gasteiger partial charge >= 0.3 is 0 Å². The minimum atomic E-state index is -0.0817. The van der Waals surface area contributed by atoms with Crippen LogP contribution in [0.1, 0.15) is 17.8 Å². The number of methoxy groups -OCH3 is 1. The van der Waals surface area contributed by atoms with Gasteiger partial charge in [-0.1, -0.05) is 22.9 Å². The molecule has 1 amide bonds. The molecule has 0 aliphatic heterocycles. The van der Waals surface area contributed by atoms with Crippen LogP contribution in [0, 0.1) is 0 Å². The van der Waals surface area contributed by atoms with Crippen LogP contribution in [0.25, 0.3) is 0 Å². The molecule has 20 heavy (non-hydrogen) atoms. The number of aromatic nitrogens is 4. The number of ether oxygens (including phenoxy) is 1. The first-order valence-electron chi connectivity index (χ1n) is 6.00. The van der Waals surface area contributed by atoms with Crippen LogP contribution in [0.15, 0.2) is 18.2 Å². The summed E-state index contributed by atoms with van der Waals surface area (Å²) in [5.74, 6) is 0.990. The molecule has 106 valence electrons. The Kier molecular flexibility index (Phi) is 4.89.